The normalized spacial score (nSPS) is 15.3. The van der Waals surface area contributed by atoms with Gasteiger partial charge in [-0.15, -0.1) is 0 Å². The van der Waals surface area contributed by atoms with Gasteiger partial charge < -0.3 is 34.7 Å². The number of carbonyl (C=O) groups excluding carboxylic acids is 2. The summed E-state index contributed by atoms with van der Waals surface area (Å²) < 4.78 is 35.5. The number of halogens is 2. The highest BCUT2D eigenvalue weighted by Crippen LogP contribution is 2.35. The number of urea groups is 1. The first kappa shape index (κ1) is 32.1. The lowest BCUT2D eigenvalue weighted by atomic mass is 9.95. The number of nitrogens with zero attached hydrogens (tertiary/aromatic N) is 1. The summed E-state index contributed by atoms with van der Waals surface area (Å²) >= 11 is 6.15. The van der Waals surface area contributed by atoms with Crippen LogP contribution in [0, 0.1) is 5.82 Å². The number of hydrazone groups is 1. The van der Waals surface area contributed by atoms with Crippen LogP contribution in [0.5, 0.6) is 17.2 Å². The Labute approximate surface area is 258 Å². The Balaban J connectivity index is 1.40. The number of amides is 2. The van der Waals surface area contributed by atoms with Crippen LogP contribution in [0.3, 0.4) is 0 Å². The second kappa shape index (κ2) is 15.1. The van der Waals surface area contributed by atoms with E-state index in [4.69, 9.17) is 30.5 Å². The molecule has 13 heteroatoms. The Morgan fingerprint density at radius 1 is 1.09 bits per heavy atom. The first-order valence-corrected chi connectivity index (χ1v) is 14.0. The third-order valence-corrected chi connectivity index (χ3v) is 6.61. The monoisotopic (exact) mass is 626 g/mol. The van der Waals surface area contributed by atoms with Crippen LogP contribution in [0.1, 0.15) is 36.6 Å². The van der Waals surface area contributed by atoms with Crippen LogP contribution in [-0.4, -0.2) is 49.9 Å². The van der Waals surface area contributed by atoms with E-state index in [2.05, 4.69) is 21.2 Å². The largest absolute Gasteiger partial charge is 0.490 e. The zero-order valence-electron chi connectivity index (χ0n) is 24.2. The van der Waals surface area contributed by atoms with Crippen molar-refractivity contribution in [2.75, 3.05) is 20.3 Å². The van der Waals surface area contributed by atoms with Gasteiger partial charge in [-0.2, -0.15) is 5.10 Å². The van der Waals surface area contributed by atoms with Crippen molar-refractivity contribution in [2.45, 2.75) is 32.7 Å². The fourth-order valence-corrected chi connectivity index (χ4v) is 4.49. The number of allylic oxidation sites excluding steroid dienone is 1. The number of aliphatic hydroxyl groups excluding tert-OH is 1. The number of carbonyl (C=O) groups is 2. The van der Waals surface area contributed by atoms with Crippen molar-refractivity contribution in [3.05, 3.63) is 99.5 Å². The van der Waals surface area contributed by atoms with Crippen molar-refractivity contribution in [3.8, 4) is 17.2 Å². The Morgan fingerprint density at radius 3 is 2.57 bits per heavy atom. The average Bonchev–Trinajstić information content (AvgIpc) is 3.00. The third kappa shape index (κ3) is 8.39. The summed E-state index contributed by atoms with van der Waals surface area (Å²) in [7, 11) is 1.26. The van der Waals surface area contributed by atoms with Gasteiger partial charge in [0.2, 0.25) is 0 Å². The van der Waals surface area contributed by atoms with Gasteiger partial charge in [-0.25, -0.2) is 14.0 Å². The Hall–Kier alpha value is -4.81. The molecule has 4 N–H and O–H groups in total. The second-order valence-electron chi connectivity index (χ2n) is 9.51. The minimum Gasteiger partial charge on any atom is -0.490 e. The molecule has 2 amide bonds. The van der Waals surface area contributed by atoms with Crippen molar-refractivity contribution in [3.63, 3.8) is 0 Å². The number of aliphatic hydroxyl groups is 1. The van der Waals surface area contributed by atoms with E-state index in [1.165, 1.54) is 25.5 Å². The van der Waals surface area contributed by atoms with Gasteiger partial charge in [0.1, 0.15) is 24.8 Å². The third-order valence-electron chi connectivity index (χ3n) is 6.38. The molecule has 0 aliphatic carbocycles. The van der Waals surface area contributed by atoms with Gasteiger partial charge in [0.05, 0.1) is 31.5 Å². The maximum Gasteiger partial charge on any atom is 0.337 e. The molecule has 0 spiro atoms. The van der Waals surface area contributed by atoms with Crippen LogP contribution >= 0.6 is 11.6 Å². The molecule has 232 valence electrons. The predicted molar refractivity (Wildman–Crippen MR) is 161 cm³/mol. The van der Waals surface area contributed by atoms with Crippen LogP contribution in [0.25, 0.3) is 0 Å². The van der Waals surface area contributed by atoms with Gasteiger partial charge in [-0.3, -0.25) is 5.43 Å². The molecule has 1 heterocycles. The van der Waals surface area contributed by atoms with Crippen molar-refractivity contribution in [2.24, 2.45) is 5.10 Å². The summed E-state index contributed by atoms with van der Waals surface area (Å²) in [6.45, 7) is 3.73. The Morgan fingerprint density at radius 2 is 1.84 bits per heavy atom. The van der Waals surface area contributed by atoms with E-state index in [1.54, 1.807) is 62.4 Å². The summed E-state index contributed by atoms with van der Waals surface area (Å²) in [5, 5.41) is 20.3. The van der Waals surface area contributed by atoms with Crippen molar-refractivity contribution >= 4 is 29.8 Å². The molecule has 0 radical (unpaired) electrons. The molecule has 0 unspecified atom stereocenters. The van der Waals surface area contributed by atoms with E-state index in [9.17, 15) is 19.1 Å². The number of methoxy groups -OCH3 is 1. The molecule has 0 saturated carbocycles. The number of hydrogen-bond acceptors (Lipinski definition) is 9. The first-order chi connectivity index (χ1) is 21.2. The molecule has 0 fully saturated rings. The average molecular weight is 627 g/mol. The first-order valence-electron chi connectivity index (χ1n) is 13.6. The minimum absolute atomic E-state index is 0.198. The molecule has 0 bridgehead atoms. The van der Waals surface area contributed by atoms with Crippen LogP contribution in [0.2, 0.25) is 5.02 Å². The highest BCUT2D eigenvalue weighted by atomic mass is 35.5. The maximum absolute atomic E-state index is 13.2. The zero-order chi connectivity index (χ0) is 31.6. The molecule has 0 saturated heterocycles. The van der Waals surface area contributed by atoms with Crippen molar-refractivity contribution in [1.82, 2.24) is 16.1 Å². The number of hydrogen-bond donors (Lipinski definition) is 4. The van der Waals surface area contributed by atoms with Crippen molar-refractivity contribution in [1.29, 1.82) is 0 Å². The smallest absolute Gasteiger partial charge is 0.337 e. The molecule has 44 heavy (non-hydrogen) atoms. The number of esters is 1. The predicted octanol–water partition coefficient (Wildman–Crippen LogP) is 4.58. The topological polar surface area (TPSA) is 140 Å². The number of ether oxygens (including phenoxy) is 4. The van der Waals surface area contributed by atoms with E-state index in [1.807, 2.05) is 0 Å². The molecular weight excluding hydrogens is 595 g/mol. The van der Waals surface area contributed by atoms with Crippen LogP contribution < -0.4 is 30.3 Å². The summed E-state index contributed by atoms with van der Waals surface area (Å²) in [6.07, 6.45) is 0.237. The fraction of sp³-hybridized carbons (Fsp3) is 0.258. The van der Waals surface area contributed by atoms with Gasteiger partial charge in [-0.05, 0) is 67.4 Å². The SMILES string of the molecule is CCOc1cc([C@@H]2NC(=O)NC(C)=C2C(=O)OC)ccc1OC[C@@H](O)N/N=C/c1cc(Cl)ccc1OCc1ccc(F)cc1. The highest BCUT2D eigenvalue weighted by molar-refractivity contribution is 6.30. The van der Waals surface area contributed by atoms with E-state index in [0.717, 1.165) is 5.56 Å². The lowest BCUT2D eigenvalue weighted by molar-refractivity contribution is -0.136. The molecule has 3 aromatic rings. The van der Waals surface area contributed by atoms with E-state index < -0.39 is 24.3 Å². The van der Waals surface area contributed by atoms with Gasteiger partial charge in [0.25, 0.3) is 0 Å². The van der Waals surface area contributed by atoms with E-state index in [-0.39, 0.29) is 24.6 Å². The maximum atomic E-state index is 13.2. The zero-order valence-corrected chi connectivity index (χ0v) is 25.0. The van der Waals surface area contributed by atoms with Gasteiger partial charge in [-0.1, -0.05) is 29.8 Å². The molecule has 4 rings (SSSR count). The van der Waals surface area contributed by atoms with E-state index >= 15 is 0 Å². The summed E-state index contributed by atoms with van der Waals surface area (Å²) in [5.41, 5.74) is 5.12. The summed E-state index contributed by atoms with van der Waals surface area (Å²) in [6, 6.07) is 14.7. The number of benzene rings is 3. The quantitative estimate of drug-likeness (QED) is 0.0936. The molecule has 11 nitrogen and oxygen atoms in total. The highest BCUT2D eigenvalue weighted by Gasteiger charge is 2.32. The van der Waals surface area contributed by atoms with Gasteiger partial charge in [0.15, 0.2) is 17.7 Å². The fourth-order valence-electron chi connectivity index (χ4n) is 4.31. The summed E-state index contributed by atoms with van der Waals surface area (Å²) in [5.74, 6) is 0.241. The van der Waals surface area contributed by atoms with Gasteiger partial charge >= 0.3 is 12.0 Å². The van der Waals surface area contributed by atoms with Crippen LogP contribution in [0.4, 0.5) is 9.18 Å². The Kier molecular flexibility index (Phi) is 11.0. The standard InChI is InChI=1S/C31H32ClFN4O7/c1-4-42-26-14-20(29-28(30(39)41-3)18(2)35-31(40)36-29)7-11-25(26)44-17-27(38)37-34-15-21-13-22(32)8-12-24(21)43-16-19-5-9-23(33)10-6-19/h5-15,27,29,37-38H,4,16-17H2,1-3H3,(H2,35,36,40)/b34-15+/t27-,29+/m1/s1. The minimum atomic E-state index is -1.21. The number of rotatable bonds is 13. The number of nitrogens with one attached hydrogen (secondary N) is 3. The lowest BCUT2D eigenvalue weighted by Crippen LogP contribution is -2.45. The molecule has 2 atom stereocenters. The second-order valence-corrected chi connectivity index (χ2v) is 9.95. The summed E-state index contributed by atoms with van der Waals surface area (Å²) in [4.78, 5) is 24.6. The molecule has 1 aliphatic rings. The van der Waals surface area contributed by atoms with Crippen molar-refractivity contribution < 1.29 is 38.0 Å². The lowest BCUT2D eigenvalue weighted by Gasteiger charge is -2.28. The molecule has 0 aromatic heterocycles. The molecular formula is C31H32ClFN4O7. The van der Waals surface area contributed by atoms with E-state index in [0.29, 0.717) is 45.7 Å². The van der Waals surface area contributed by atoms with Crippen LogP contribution in [0.15, 0.2) is 77.0 Å². The Bertz CT molecular complexity index is 1550. The molecule has 1 aliphatic heterocycles. The molecule has 3 aromatic carbocycles. The van der Waals surface area contributed by atoms with Gasteiger partial charge in [0, 0.05) is 16.3 Å². The van der Waals surface area contributed by atoms with Crippen LogP contribution in [-0.2, 0) is 16.1 Å².